The van der Waals surface area contributed by atoms with Crippen LogP contribution < -0.4 is 14.8 Å². The van der Waals surface area contributed by atoms with Gasteiger partial charge in [0.1, 0.15) is 0 Å². The summed E-state index contributed by atoms with van der Waals surface area (Å²) in [5, 5.41) is 2.89. The molecule has 0 bridgehead atoms. The molecule has 0 aromatic heterocycles. The molecule has 0 aliphatic heterocycles. The second-order valence-corrected chi connectivity index (χ2v) is 5.08. The standard InChI is InChI=1S/C16H19F2NO3/c1-21-13-8-4-5-11(15(13)22-16(17)18)9-10-14(20)19-12-6-2-3-7-12/h4-5,8-10,12,16H,2-3,6-7H2,1H3,(H,19,20)/b10-9+. The Morgan fingerprint density at radius 1 is 1.36 bits per heavy atom. The molecule has 0 heterocycles. The highest BCUT2D eigenvalue weighted by Gasteiger charge is 2.16. The Balaban J connectivity index is 2.10. The van der Waals surface area contributed by atoms with Crippen LogP contribution in [0, 0.1) is 0 Å². The molecule has 1 amide bonds. The predicted octanol–water partition coefficient (Wildman–Crippen LogP) is 3.37. The topological polar surface area (TPSA) is 47.6 Å². The van der Waals surface area contributed by atoms with E-state index in [9.17, 15) is 13.6 Å². The summed E-state index contributed by atoms with van der Waals surface area (Å²) < 4.78 is 34.5. The SMILES string of the molecule is COc1cccc(/C=C/C(=O)NC2CCCC2)c1OC(F)F. The quantitative estimate of drug-likeness (QED) is 0.819. The van der Waals surface area contributed by atoms with Crippen LogP contribution >= 0.6 is 0 Å². The summed E-state index contributed by atoms with van der Waals surface area (Å²) in [5.74, 6) is -0.124. The van der Waals surface area contributed by atoms with Gasteiger partial charge in [-0.25, -0.2) is 0 Å². The monoisotopic (exact) mass is 311 g/mol. The molecule has 22 heavy (non-hydrogen) atoms. The third-order valence-electron chi connectivity index (χ3n) is 3.55. The van der Waals surface area contributed by atoms with Gasteiger partial charge >= 0.3 is 6.61 Å². The molecule has 2 rings (SSSR count). The van der Waals surface area contributed by atoms with Gasteiger partial charge in [0.25, 0.3) is 0 Å². The van der Waals surface area contributed by atoms with Crippen molar-refractivity contribution in [2.24, 2.45) is 0 Å². The van der Waals surface area contributed by atoms with E-state index in [1.165, 1.54) is 25.3 Å². The fourth-order valence-corrected chi connectivity index (χ4v) is 2.52. The van der Waals surface area contributed by atoms with E-state index in [0.717, 1.165) is 25.7 Å². The van der Waals surface area contributed by atoms with Gasteiger partial charge in [-0.3, -0.25) is 4.79 Å². The molecule has 0 spiro atoms. The Labute approximate surface area is 128 Å². The molecule has 1 aliphatic carbocycles. The summed E-state index contributed by atoms with van der Waals surface area (Å²) in [4.78, 5) is 11.8. The number of rotatable bonds is 6. The smallest absolute Gasteiger partial charge is 0.387 e. The van der Waals surface area contributed by atoms with E-state index in [4.69, 9.17) is 4.74 Å². The van der Waals surface area contributed by atoms with Crippen molar-refractivity contribution < 1.29 is 23.0 Å². The van der Waals surface area contributed by atoms with Crippen LogP contribution in [0.2, 0.25) is 0 Å². The second kappa shape index (κ2) is 7.77. The van der Waals surface area contributed by atoms with Crippen LogP contribution in [-0.2, 0) is 4.79 Å². The first kappa shape index (κ1) is 16.3. The van der Waals surface area contributed by atoms with Crippen LogP contribution in [0.25, 0.3) is 6.08 Å². The molecular formula is C16H19F2NO3. The molecule has 1 aromatic rings. The maximum atomic E-state index is 12.5. The zero-order chi connectivity index (χ0) is 15.9. The van der Waals surface area contributed by atoms with Crippen molar-refractivity contribution in [2.75, 3.05) is 7.11 Å². The van der Waals surface area contributed by atoms with Crippen molar-refractivity contribution in [2.45, 2.75) is 38.3 Å². The summed E-state index contributed by atoms with van der Waals surface area (Å²) in [5.41, 5.74) is 0.362. The Hall–Kier alpha value is -2.11. The van der Waals surface area contributed by atoms with Crippen LogP contribution in [0.3, 0.4) is 0 Å². The number of methoxy groups -OCH3 is 1. The molecule has 120 valence electrons. The highest BCUT2D eigenvalue weighted by molar-refractivity contribution is 5.92. The van der Waals surface area contributed by atoms with E-state index in [2.05, 4.69) is 10.1 Å². The van der Waals surface area contributed by atoms with E-state index in [-0.39, 0.29) is 23.4 Å². The summed E-state index contributed by atoms with van der Waals surface area (Å²) in [6.07, 6.45) is 6.99. The van der Waals surface area contributed by atoms with Gasteiger partial charge < -0.3 is 14.8 Å². The Kier molecular flexibility index (Phi) is 5.75. The van der Waals surface area contributed by atoms with Gasteiger partial charge in [0.05, 0.1) is 7.11 Å². The first-order chi connectivity index (χ1) is 10.6. The number of benzene rings is 1. The summed E-state index contributed by atoms with van der Waals surface area (Å²) in [6.45, 7) is -2.96. The number of alkyl halides is 2. The Bertz CT molecular complexity index is 540. The van der Waals surface area contributed by atoms with Crippen molar-refractivity contribution in [3.05, 3.63) is 29.8 Å². The molecular weight excluding hydrogens is 292 g/mol. The average molecular weight is 311 g/mol. The minimum Gasteiger partial charge on any atom is -0.493 e. The van der Waals surface area contributed by atoms with Crippen molar-refractivity contribution in [3.63, 3.8) is 0 Å². The summed E-state index contributed by atoms with van der Waals surface area (Å²) in [7, 11) is 1.37. The number of amides is 1. The van der Waals surface area contributed by atoms with Gasteiger partial charge in [0.2, 0.25) is 5.91 Å². The fourth-order valence-electron chi connectivity index (χ4n) is 2.52. The molecule has 1 saturated carbocycles. The first-order valence-corrected chi connectivity index (χ1v) is 7.20. The van der Waals surface area contributed by atoms with Crippen LogP contribution in [-0.4, -0.2) is 25.7 Å². The van der Waals surface area contributed by atoms with Crippen molar-refractivity contribution in [1.82, 2.24) is 5.32 Å². The zero-order valence-electron chi connectivity index (χ0n) is 12.4. The normalized spacial score (nSPS) is 15.5. The lowest BCUT2D eigenvalue weighted by molar-refractivity contribution is -0.117. The lowest BCUT2D eigenvalue weighted by atomic mass is 10.1. The molecule has 4 nitrogen and oxygen atoms in total. The number of para-hydroxylation sites is 1. The van der Waals surface area contributed by atoms with Gasteiger partial charge in [-0.1, -0.05) is 25.0 Å². The van der Waals surface area contributed by atoms with Gasteiger partial charge in [-0.2, -0.15) is 8.78 Å². The van der Waals surface area contributed by atoms with E-state index < -0.39 is 6.61 Å². The van der Waals surface area contributed by atoms with Gasteiger partial charge in [0, 0.05) is 17.7 Å². The second-order valence-electron chi connectivity index (χ2n) is 5.08. The number of hydrogen-bond acceptors (Lipinski definition) is 3. The van der Waals surface area contributed by atoms with Crippen LogP contribution in [0.5, 0.6) is 11.5 Å². The third kappa shape index (κ3) is 4.44. The maximum absolute atomic E-state index is 12.5. The summed E-state index contributed by atoms with van der Waals surface area (Å²) >= 11 is 0. The Morgan fingerprint density at radius 2 is 2.09 bits per heavy atom. The van der Waals surface area contributed by atoms with Crippen molar-refractivity contribution >= 4 is 12.0 Å². The number of hydrogen-bond donors (Lipinski definition) is 1. The van der Waals surface area contributed by atoms with Crippen LogP contribution in [0.4, 0.5) is 8.78 Å². The zero-order valence-corrected chi connectivity index (χ0v) is 12.4. The molecule has 0 saturated heterocycles. The minimum atomic E-state index is -2.96. The molecule has 0 unspecified atom stereocenters. The van der Waals surface area contributed by atoms with E-state index in [0.29, 0.717) is 5.56 Å². The molecule has 6 heteroatoms. The van der Waals surface area contributed by atoms with Crippen LogP contribution in [0.1, 0.15) is 31.2 Å². The Morgan fingerprint density at radius 3 is 2.73 bits per heavy atom. The van der Waals surface area contributed by atoms with E-state index >= 15 is 0 Å². The summed E-state index contributed by atoms with van der Waals surface area (Å²) in [6, 6.07) is 4.96. The number of nitrogens with one attached hydrogen (secondary N) is 1. The average Bonchev–Trinajstić information content (AvgIpc) is 2.98. The molecule has 1 aliphatic rings. The molecule has 0 radical (unpaired) electrons. The van der Waals surface area contributed by atoms with E-state index in [1.807, 2.05) is 0 Å². The van der Waals surface area contributed by atoms with Crippen molar-refractivity contribution in [1.29, 1.82) is 0 Å². The molecule has 1 fully saturated rings. The number of halogens is 2. The first-order valence-electron chi connectivity index (χ1n) is 7.20. The minimum absolute atomic E-state index is 0.0788. The fraction of sp³-hybridized carbons (Fsp3) is 0.438. The lowest BCUT2D eigenvalue weighted by Crippen LogP contribution is -2.30. The number of carbonyl (C=O) groups excluding carboxylic acids is 1. The number of ether oxygens (including phenoxy) is 2. The van der Waals surface area contributed by atoms with Gasteiger partial charge in [-0.15, -0.1) is 0 Å². The van der Waals surface area contributed by atoms with Gasteiger partial charge in [-0.05, 0) is 25.0 Å². The number of carbonyl (C=O) groups is 1. The van der Waals surface area contributed by atoms with E-state index in [1.54, 1.807) is 12.1 Å². The highest BCUT2D eigenvalue weighted by atomic mass is 19.3. The van der Waals surface area contributed by atoms with Crippen molar-refractivity contribution in [3.8, 4) is 11.5 Å². The maximum Gasteiger partial charge on any atom is 0.387 e. The molecule has 0 atom stereocenters. The molecule has 1 aromatic carbocycles. The largest absolute Gasteiger partial charge is 0.493 e. The highest BCUT2D eigenvalue weighted by Crippen LogP contribution is 2.33. The lowest BCUT2D eigenvalue weighted by Gasteiger charge is -2.12. The van der Waals surface area contributed by atoms with Gasteiger partial charge in [0.15, 0.2) is 11.5 Å². The predicted molar refractivity (Wildman–Crippen MR) is 79.1 cm³/mol. The third-order valence-corrected chi connectivity index (χ3v) is 3.55. The molecule has 1 N–H and O–H groups in total. The van der Waals surface area contributed by atoms with Crippen LogP contribution in [0.15, 0.2) is 24.3 Å².